The molecular weight excluding hydrogens is 243 g/mol. The maximum Gasteiger partial charge on any atom is 0.445 e. The fourth-order valence-electron chi connectivity index (χ4n) is 1.41. The van der Waals surface area contributed by atoms with Crippen molar-refractivity contribution in [1.29, 1.82) is 0 Å². The SMILES string of the molecule is OC1(CNc2nnc(C(F)(F)F)s2)CCC1. The lowest BCUT2D eigenvalue weighted by atomic mass is 9.80. The highest BCUT2D eigenvalue weighted by atomic mass is 32.1. The number of rotatable bonds is 3. The molecule has 1 aliphatic carbocycles. The molecule has 0 amide bonds. The van der Waals surface area contributed by atoms with Crippen LogP contribution in [0.5, 0.6) is 0 Å². The molecule has 0 spiro atoms. The van der Waals surface area contributed by atoms with Gasteiger partial charge >= 0.3 is 6.18 Å². The molecule has 8 heteroatoms. The van der Waals surface area contributed by atoms with Gasteiger partial charge in [-0.15, -0.1) is 10.2 Å². The minimum Gasteiger partial charge on any atom is -0.388 e. The Hall–Kier alpha value is -0.890. The van der Waals surface area contributed by atoms with Gasteiger partial charge in [0.05, 0.1) is 5.60 Å². The molecule has 1 aromatic rings. The third kappa shape index (κ3) is 2.43. The number of anilines is 1. The van der Waals surface area contributed by atoms with Crippen LogP contribution >= 0.6 is 11.3 Å². The average molecular weight is 253 g/mol. The summed E-state index contributed by atoms with van der Waals surface area (Å²) in [6, 6.07) is 0. The molecule has 0 atom stereocenters. The topological polar surface area (TPSA) is 58.0 Å². The molecule has 0 saturated heterocycles. The van der Waals surface area contributed by atoms with Crippen LogP contribution in [0.25, 0.3) is 0 Å². The highest BCUT2D eigenvalue weighted by Gasteiger charge is 2.37. The van der Waals surface area contributed by atoms with E-state index in [4.69, 9.17) is 0 Å². The van der Waals surface area contributed by atoms with Crippen LogP contribution in [0, 0.1) is 0 Å². The molecule has 0 aliphatic heterocycles. The molecule has 1 aliphatic rings. The maximum atomic E-state index is 12.2. The first-order valence-corrected chi connectivity index (χ1v) is 5.58. The van der Waals surface area contributed by atoms with E-state index in [-0.39, 0.29) is 11.7 Å². The van der Waals surface area contributed by atoms with Crippen LogP contribution < -0.4 is 5.32 Å². The van der Waals surface area contributed by atoms with Crippen LogP contribution in [0.4, 0.5) is 18.3 Å². The van der Waals surface area contributed by atoms with Crippen LogP contribution in [0.15, 0.2) is 0 Å². The summed E-state index contributed by atoms with van der Waals surface area (Å²) >= 11 is 0.446. The predicted octanol–water partition coefficient (Wildman–Crippen LogP) is 1.88. The smallest absolute Gasteiger partial charge is 0.388 e. The number of nitrogens with zero attached hydrogens (tertiary/aromatic N) is 2. The molecule has 4 nitrogen and oxygen atoms in total. The average Bonchev–Trinajstić information content (AvgIpc) is 2.59. The summed E-state index contributed by atoms with van der Waals surface area (Å²) in [6.07, 6.45) is -2.16. The van der Waals surface area contributed by atoms with Crippen molar-refractivity contribution in [2.75, 3.05) is 11.9 Å². The third-order valence-corrected chi connectivity index (χ3v) is 3.45. The van der Waals surface area contributed by atoms with Gasteiger partial charge < -0.3 is 10.4 Å². The highest BCUT2D eigenvalue weighted by molar-refractivity contribution is 7.15. The predicted molar refractivity (Wildman–Crippen MR) is 52.2 cm³/mol. The largest absolute Gasteiger partial charge is 0.445 e. The van der Waals surface area contributed by atoms with Gasteiger partial charge in [-0.1, -0.05) is 11.3 Å². The van der Waals surface area contributed by atoms with E-state index in [2.05, 4.69) is 15.5 Å². The van der Waals surface area contributed by atoms with Crippen molar-refractivity contribution >= 4 is 16.5 Å². The van der Waals surface area contributed by atoms with Crippen molar-refractivity contribution in [3.63, 3.8) is 0 Å². The van der Waals surface area contributed by atoms with Gasteiger partial charge in [0.1, 0.15) is 0 Å². The molecule has 1 fully saturated rings. The first kappa shape index (κ1) is 11.6. The van der Waals surface area contributed by atoms with E-state index in [0.717, 1.165) is 6.42 Å². The minimum atomic E-state index is -4.45. The number of hydrogen-bond donors (Lipinski definition) is 2. The van der Waals surface area contributed by atoms with Gasteiger partial charge in [-0.25, -0.2) is 0 Å². The molecule has 0 aromatic carbocycles. The van der Waals surface area contributed by atoms with E-state index in [1.807, 2.05) is 0 Å². The molecule has 16 heavy (non-hydrogen) atoms. The summed E-state index contributed by atoms with van der Waals surface area (Å²) in [6.45, 7) is 0.222. The molecule has 1 saturated carbocycles. The number of nitrogens with one attached hydrogen (secondary N) is 1. The normalized spacial score (nSPS) is 19.2. The van der Waals surface area contributed by atoms with Crippen LogP contribution in [-0.4, -0.2) is 27.4 Å². The van der Waals surface area contributed by atoms with E-state index in [9.17, 15) is 18.3 Å². The summed E-state index contributed by atoms with van der Waals surface area (Å²) in [4.78, 5) is 0. The first-order chi connectivity index (χ1) is 7.39. The minimum absolute atomic E-state index is 0.0904. The Kier molecular flexibility index (Phi) is 2.79. The second-order valence-electron chi connectivity index (χ2n) is 3.84. The van der Waals surface area contributed by atoms with E-state index < -0.39 is 16.8 Å². The monoisotopic (exact) mass is 253 g/mol. The Morgan fingerprint density at radius 1 is 1.38 bits per heavy atom. The lowest BCUT2D eigenvalue weighted by Gasteiger charge is -2.36. The lowest BCUT2D eigenvalue weighted by molar-refractivity contribution is -0.138. The molecule has 2 N–H and O–H groups in total. The Morgan fingerprint density at radius 2 is 2.06 bits per heavy atom. The van der Waals surface area contributed by atoms with Crippen LogP contribution in [0.2, 0.25) is 0 Å². The van der Waals surface area contributed by atoms with E-state index in [1.54, 1.807) is 0 Å². The number of hydrogen-bond acceptors (Lipinski definition) is 5. The van der Waals surface area contributed by atoms with Gasteiger partial charge in [0.2, 0.25) is 10.1 Å². The van der Waals surface area contributed by atoms with Gasteiger partial charge in [-0.2, -0.15) is 13.2 Å². The zero-order chi connectivity index (χ0) is 11.8. The van der Waals surface area contributed by atoms with Gasteiger partial charge in [-0.3, -0.25) is 0 Å². The van der Waals surface area contributed by atoms with E-state index in [0.29, 0.717) is 24.2 Å². The Bertz CT molecular complexity index is 375. The zero-order valence-corrected chi connectivity index (χ0v) is 9.03. The Morgan fingerprint density at radius 3 is 2.50 bits per heavy atom. The van der Waals surface area contributed by atoms with Crippen LogP contribution in [0.1, 0.15) is 24.3 Å². The molecule has 0 bridgehead atoms. The summed E-state index contributed by atoms with van der Waals surface area (Å²) in [5.74, 6) is 0. The van der Waals surface area contributed by atoms with Crippen molar-refractivity contribution in [1.82, 2.24) is 10.2 Å². The molecule has 1 aromatic heterocycles. The van der Waals surface area contributed by atoms with Crippen molar-refractivity contribution < 1.29 is 18.3 Å². The van der Waals surface area contributed by atoms with Crippen LogP contribution in [0.3, 0.4) is 0 Å². The van der Waals surface area contributed by atoms with E-state index >= 15 is 0 Å². The molecule has 1 heterocycles. The van der Waals surface area contributed by atoms with Crippen molar-refractivity contribution in [2.24, 2.45) is 0 Å². The Balaban J connectivity index is 1.93. The van der Waals surface area contributed by atoms with Gasteiger partial charge in [0.15, 0.2) is 0 Å². The number of aliphatic hydroxyl groups is 1. The van der Waals surface area contributed by atoms with E-state index in [1.165, 1.54) is 0 Å². The van der Waals surface area contributed by atoms with Crippen molar-refractivity contribution in [2.45, 2.75) is 31.0 Å². The lowest BCUT2D eigenvalue weighted by Crippen LogP contribution is -2.43. The summed E-state index contributed by atoms with van der Waals surface area (Å²) in [5, 5.41) is 17.9. The fourth-order valence-corrected chi connectivity index (χ4v) is 2.02. The van der Waals surface area contributed by atoms with Crippen LogP contribution in [-0.2, 0) is 6.18 Å². The second kappa shape index (κ2) is 3.85. The van der Waals surface area contributed by atoms with Gasteiger partial charge in [-0.05, 0) is 19.3 Å². The third-order valence-electron chi connectivity index (χ3n) is 2.52. The maximum absolute atomic E-state index is 12.2. The molecule has 90 valence electrons. The van der Waals surface area contributed by atoms with Crippen molar-refractivity contribution in [3.05, 3.63) is 5.01 Å². The quantitative estimate of drug-likeness (QED) is 0.863. The summed E-state index contributed by atoms with van der Waals surface area (Å²) in [7, 11) is 0. The summed E-state index contributed by atoms with van der Waals surface area (Å²) < 4.78 is 36.6. The second-order valence-corrected chi connectivity index (χ2v) is 4.82. The van der Waals surface area contributed by atoms with Crippen molar-refractivity contribution in [3.8, 4) is 0 Å². The summed E-state index contributed by atoms with van der Waals surface area (Å²) in [5.41, 5.74) is -0.788. The Labute approximate surface area is 93.5 Å². The first-order valence-electron chi connectivity index (χ1n) is 4.76. The molecular formula is C8H10F3N3OS. The standard InChI is InChI=1S/C8H10F3N3OS/c9-8(10,11)5-13-14-6(16-5)12-4-7(15)2-1-3-7/h15H,1-4H2,(H,12,14). The van der Waals surface area contributed by atoms with Gasteiger partial charge in [0.25, 0.3) is 0 Å². The number of halogens is 3. The number of aromatic nitrogens is 2. The highest BCUT2D eigenvalue weighted by Crippen LogP contribution is 2.35. The van der Waals surface area contributed by atoms with Gasteiger partial charge in [0, 0.05) is 6.54 Å². The molecule has 2 rings (SSSR count). The fraction of sp³-hybridized carbons (Fsp3) is 0.750. The molecule has 0 unspecified atom stereocenters. The molecule has 0 radical (unpaired) electrons. The zero-order valence-electron chi connectivity index (χ0n) is 8.21. The number of alkyl halides is 3.